The van der Waals surface area contributed by atoms with E-state index in [4.69, 9.17) is 4.42 Å². The summed E-state index contributed by atoms with van der Waals surface area (Å²) in [6.45, 7) is 3.43. The van der Waals surface area contributed by atoms with Gasteiger partial charge in [0.05, 0.1) is 18.8 Å². The number of methoxy groups -OCH3 is 1. The summed E-state index contributed by atoms with van der Waals surface area (Å²) in [6.07, 6.45) is 0.278. The number of rotatable bonds is 3. The van der Waals surface area contributed by atoms with Gasteiger partial charge in [-0.1, -0.05) is 0 Å². The monoisotopic (exact) mass is 198 g/mol. The molecule has 0 aromatic carbocycles. The molecular formula is C10H14O4. The fourth-order valence-electron chi connectivity index (χ4n) is 1.19. The molecule has 0 aliphatic heterocycles. The molecule has 1 unspecified atom stereocenters. The lowest BCUT2D eigenvalue weighted by atomic mass is 9.84. The number of aliphatic hydroxyl groups is 1. The molecule has 0 aliphatic rings. The van der Waals surface area contributed by atoms with Gasteiger partial charge in [0.25, 0.3) is 0 Å². The molecule has 4 nitrogen and oxygen atoms in total. The Morgan fingerprint density at radius 1 is 1.64 bits per heavy atom. The highest BCUT2D eigenvalue weighted by Gasteiger charge is 2.38. The fourth-order valence-corrected chi connectivity index (χ4v) is 1.19. The van der Waals surface area contributed by atoms with Crippen LogP contribution in [0.25, 0.3) is 0 Å². The van der Waals surface area contributed by atoms with Gasteiger partial charge in [0.2, 0.25) is 0 Å². The average molecular weight is 198 g/mol. The lowest BCUT2D eigenvalue weighted by molar-refractivity contribution is -0.154. The molecule has 4 heteroatoms. The summed E-state index contributed by atoms with van der Waals surface area (Å²) in [4.78, 5) is 11.1. The van der Waals surface area contributed by atoms with Gasteiger partial charge in [0, 0.05) is 0 Å². The molecule has 14 heavy (non-hydrogen) atoms. The Bertz CT molecular complexity index is 300. The van der Waals surface area contributed by atoms with E-state index < -0.39 is 17.5 Å². The maximum Gasteiger partial charge on any atom is 0.335 e. The highest BCUT2D eigenvalue weighted by Crippen LogP contribution is 2.27. The smallest absolute Gasteiger partial charge is 0.335 e. The van der Waals surface area contributed by atoms with Crippen molar-refractivity contribution in [1.82, 2.24) is 0 Å². The molecule has 1 atom stereocenters. The molecule has 0 fully saturated rings. The highest BCUT2D eigenvalue weighted by molar-refractivity contribution is 5.76. The van der Waals surface area contributed by atoms with Crippen LogP contribution in [0.5, 0.6) is 0 Å². The van der Waals surface area contributed by atoms with Crippen molar-refractivity contribution < 1.29 is 19.1 Å². The minimum absolute atomic E-state index is 0.551. The Balaban J connectivity index is 2.90. The molecule has 0 radical (unpaired) electrons. The molecule has 1 rings (SSSR count). The first-order valence-electron chi connectivity index (χ1n) is 4.30. The Hall–Kier alpha value is -1.29. The molecule has 0 saturated carbocycles. The lowest BCUT2D eigenvalue weighted by Crippen LogP contribution is -2.40. The van der Waals surface area contributed by atoms with Gasteiger partial charge in [-0.2, -0.15) is 0 Å². The van der Waals surface area contributed by atoms with E-state index in [1.165, 1.54) is 13.4 Å². The number of hydrogen-bond acceptors (Lipinski definition) is 4. The molecule has 0 spiro atoms. The molecule has 0 saturated heterocycles. The van der Waals surface area contributed by atoms with Crippen molar-refractivity contribution >= 4 is 5.97 Å². The average Bonchev–Trinajstić information content (AvgIpc) is 2.68. The van der Waals surface area contributed by atoms with Crippen LogP contribution in [0, 0.1) is 0 Å². The Kier molecular flexibility index (Phi) is 2.96. The summed E-state index contributed by atoms with van der Waals surface area (Å²) in [5, 5.41) is 9.68. The molecule has 78 valence electrons. The molecule has 0 bridgehead atoms. The second-order valence-corrected chi connectivity index (χ2v) is 3.62. The van der Waals surface area contributed by atoms with Crippen LogP contribution < -0.4 is 0 Å². The van der Waals surface area contributed by atoms with E-state index in [1.807, 2.05) is 0 Å². The van der Waals surface area contributed by atoms with Gasteiger partial charge in [-0.15, -0.1) is 0 Å². The molecule has 0 amide bonds. The summed E-state index contributed by atoms with van der Waals surface area (Å²) in [5.41, 5.74) is -0.781. The number of esters is 1. The SMILES string of the molecule is COC(=O)C(O)C(C)(C)c1ccco1. The number of carbonyl (C=O) groups excluding carboxylic acids is 1. The fraction of sp³-hybridized carbons (Fsp3) is 0.500. The normalized spacial score (nSPS) is 13.7. The van der Waals surface area contributed by atoms with Gasteiger partial charge < -0.3 is 14.3 Å². The summed E-state index contributed by atoms with van der Waals surface area (Å²) in [7, 11) is 1.24. The number of carbonyl (C=O) groups is 1. The van der Waals surface area contributed by atoms with Gasteiger partial charge in [-0.05, 0) is 26.0 Å². The number of aliphatic hydroxyl groups excluding tert-OH is 1. The maximum absolute atomic E-state index is 11.1. The van der Waals surface area contributed by atoms with Crippen LogP contribution in [0.2, 0.25) is 0 Å². The molecule has 1 N–H and O–H groups in total. The van der Waals surface area contributed by atoms with Crippen LogP contribution in [0.3, 0.4) is 0 Å². The third-order valence-electron chi connectivity index (χ3n) is 2.26. The van der Waals surface area contributed by atoms with E-state index in [1.54, 1.807) is 26.0 Å². The van der Waals surface area contributed by atoms with Crippen molar-refractivity contribution in [2.24, 2.45) is 0 Å². The number of ether oxygens (including phenoxy) is 1. The second kappa shape index (κ2) is 3.84. The zero-order valence-corrected chi connectivity index (χ0v) is 8.48. The van der Waals surface area contributed by atoms with Gasteiger partial charge in [0.15, 0.2) is 6.10 Å². The molecule has 1 aromatic heterocycles. The van der Waals surface area contributed by atoms with E-state index in [-0.39, 0.29) is 0 Å². The Labute approximate surface area is 82.5 Å². The van der Waals surface area contributed by atoms with Crippen molar-refractivity contribution in [1.29, 1.82) is 0 Å². The van der Waals surface area contributed by atoms with Crippen molar-refractivity contribution in [2.45, 2.75) is 25.4 Å². The van der Waals surface area contributed by atoms with Crippen molar-refractivity contribution in [3.8, 4) is 0 Å². The minimum atomic E-state index is -1.22. The molecular weight excluding hydrogens is 184 g/mol. The van der Waals surface area contributed by atoms with Crippen LogP contribution in [0.4, 0.5) is 0 Å². The zero-order valence-electron chi connectivity index (χ0n) is 8.48. The minimum Gasteiger partial charge on any atom is -0.469 e. The molecule has 1 heterocycles. The Morgan fingerprint density at radius 2 is 2.29 bits per heavy atom. The number of furan rings is 1. The second-order valence-electron chi connectivity index (χ2n) is 3.62. The van der Waals surface area contributed by atoms with Crippen molar-refractivity contribution in [2.75, 3.05) is 7.11 Å². The van der Waals surface area contributed by atoms with E-state index in [9.17, 15) is 9.90 Å². The first kappa shape index (κ1) is 10.8. The standard InChI is InChI=1S/C10H14O4/c1-10(2,7-5-4-6-14-7)8(11)9(12)13-3/h4-6,8,11H,1-3H3. The van der Waals surface area contributed by atoms with Crippen LogP contribution in [0.1, 0.15) is 19.6 Å². The van der Waals surface area contributed by atoms with Gasteiger partial charge in [-0.3, -0.25) is 0 Å². The summed E-state index contributed by atoms with van der Waals surface area (Å²) in [6, 6.07) is 3.42. The maximum atomic E-state index is 11.1. The molecule has 0 aliphatic carbocycles. The van der Waals surface area contributed by atoms with Gasteiger partial charge in [-0.25, -0.2) is 4.79 Å². The predicted molar refractivity (Wildman–Crippen MR) is 49.8 cm³/mol. The van der Waals surface area contributed by atoms with E-state index in [0.717, 1.165) is 0 Å². The first-order valence-corrected chi connectivity index (χ1v) is 4.30. The molecule has 1 aromatic rings. The third kappa shape index (κ3) is 1.80. The summed E-state index contributed by atoms with van der Waals surface area (Å²) < 4.78 is 9.61. The quantitative estimate of drug-likeness (QED) is 0.738. The van der Waals surface area contributed by atoms with Crippen LogP contribution in [0.15, 0.2) is 22.8 Å². The van der Waals surface area contributed by atoms with Crippen LogP contribution in [-0.4, -0.2) is 24.3 Å². The zero-order chi connectivity index (χ0) is 10.8. The van der Waals surface area contributed by atoms with Crippen LogP contribution >= 0.6 is 0 Å². The lowest BCUT2D eigenvalue weighted by Gasteiger charge is -2.26. The van der Waals surface area contributed by atoms with Crippen molar-refractivity contribution in [3.05, 3.63) is 24.2 Å². The van der Waals surface area contributed by atoms with Gasteiger partial charge in [0.1, 0.15) is 5.76 Å². The summed E-state index contributed by atoms with van der Waals surface area (Å²) in [5.74, 6) is -0.109. The third-order valence-corrected chi connectivity index (χ3v) is 2.26. The van der Waals surface area contributed by atoms with Gasteiger partial charge >= 0.3 is 5.97 Å². The Morgan fingerprint density at radius 3 is 2.71 bits per heavy atom. The van der Waals surface area contributed by atoms with Crippen molar-refractivity contribution in [3.63, 3.8) is 0 Å². The number of hydrogen-bond donors (Lipinski definition) is 1. The summed E-state index contributed by atoms with van der Waals surface area (Å²) >= 11 is 0. The van der Waals surface area contributed by atoms with E-state index in [2.05, 4.69) is 4.74 Å². The van der Waals surface area contributed by atoms with E-state index >= 15 is 0 Å². The predicted octanol–water partition coefficient (Wildman–Crippen LogP) is 1.09. The first-order chi connectivity index (χ1) is 6.50. The van der Waals surface area contributed by atoms with Crippen LogP contribution in [-0.2, 0) is 14.9 Å². The largest absolute Gasteiger partial charge is 0.469 e. The topological polar surface area (TPSA) is 59.7 Å². The highest BCUT2D eigenvalue weighted by atomic mass is 16.5. The van der Waals surface area contributed by atoms with E-state index in [0.29, 0.717) is 5.76 Å².